The summed E-state index contributed by atoms with van der Waals surface area (Å²) in [5.41, 5.74) is 8.44. The van der Waals surface area contributed by atoms with Crippen LogP contribution in [0.5, 0.6) is 5.75 Å². The highest BCUT2D eigenvalue weighted by molar-refractivity contribution is 5.38. The van der Waals surface area contributed by atoms with Crippen molar-refractivity contribution >= 4 is 0 Å². The quantitative estimate of drug-likeness (QED) is 0.843. The Hall–Kier alpha value is -1.06. The Balaban J connectivity index is 3.07. The standard InChI is InChI=1S/C15H26N2O/c1-6-12-9-13(7-8-15(12)18-5)14(10-16)17(4)11(2)3/h7-9,11,14H,6,10,16H2,1-5H3. The second-order valence-corrected chi connectivity index (χ2v) is 4.94. The van der Waals surface area contributed by atoms with Crippen molar-refractivity contribution in [1.29, 1.82) is 0 Å². The first-order valence-electron chi connectivity index (χ1n) is 6.63. The van der Waals surface area contributed by atoms with Crippen molar-refractivity contribution in [1.82, 2.24) is 4.90 Å². The molecule has 0 saturated carbocycles. The molecule has 1 rings (SSSR count). The number of nitrogens with zero attached hydrogens (tertiary/aromatic N) is 1. The van der Waals surface area contributed by atoms with Gasteiger partial charge in [0.25, 0.3) is 0 Å². The van der Waals surface area contributed by atoms with E-state index >= 15 is 0 Å². The summed E-state index contributed by atoms with van der Waals surface area (Å²) < 4.78 is 5.37. The zero-order valence-corrected chi connectivity index (χ0v) is 12.2. The Morgan fingerprint density at radius 1 is 1.33 bits per heavy atom. The molecule has 0 radical (unpaired) electrons. The van der Waals surface area contributed by atoms with Crippen LogP contribution in [0, 0.1) is 0 Å². The summed E-state index contributed by atoms with van der Waals surface area (Å²) in [7, 11) is 3.84. The van der Waals surface area contributed by atoms with Crippen molar-refractivity contribution in [2.45, 2.75) is 39.3 Å². The van der Waals surface area contributed by atoms with Crippen LogP contribution in [0.2, 0.25) is 0 Å². The van der Waals surface area contributed by atoms with Gasteiger partial charge in [0.2, 0.25) is 0 Å². The predicted molar refractivity (Wildman–Crippen MR) is 77.1 cm³/mol. The van der Waals surface area contributed by atoms with Crippen LogP contribution in [0.15, 0.2) is 18.2 Å². The monoisotopic (exact) mass is 250 g/mol. The predicted octanol–water partition coefficient (Wildman–Crippen LogP) is 2.60. The minimum atomic E-state index is 0.265. The highest BCUT2D eigenvalue weighted by atomic mass is 16.5. The summed E-state index contributed by atoms with van der Waals surface area (Å²) in [6.07, 6.45) is 0.972. The van der Waals surface area contributed by atoms with Gasteiger partial charge in [-0.05, 0) is 44.5 Å². The number of aryl methyl sites for hydroxylation is 1. The van der Waals surface area contributed by atoms with Gasteiger partial charge in [-0.1, -0.05) is 19.1 Å². The molecule has 0 aliphatic rings. The van der Waals surface area contributed by atoms with Crippen LogP contribution in [0.25, 0.3) is 0 Å². The second-order valence-electron chi connectivity index (χ2n) is 4.94. The van der Waals surface area contributed by atoms with E-state index in [1.807, 2.05) is 6.07 Å². The summed E-state index contributed by atoms with van der Waals surface area (Å²) in [4.78, 5) is 2.31. The third-order valence-electron chi connectivity index (χ3n) is 3.60. The van der Waals surface area contributed by atoms with Gasteiger partial charge in [-0.15, -0.1) is 0 Å². The molecule has 0 heterocycles. The number of hydrogen-bond donors (Lipinski definition) is 1. The first-order valence-corrected chi connectivity index (χ1v) is 6.63. The maximum absolute atomic E-state index is 5.93. The molecule has 1 atom stereocenters. The molecule has 18 heavy (non-hydrogen) atoms. The minimum absolute atomic E-state index is 0.265. The van der Waals surface area contributed by atoms with Gasteiger partial charge in [-0.2, -0.15) is 0 Å². The Morgan fingerprint density at radius 2 is 2.00 bits per heavy atom. The molecule has 3 heteroatoms. The average molecular weight is 250 g/mol. The van der Waals surface area contributed by atoms with Crippen LogP contribution in [0.3, 0.4) is 0 Å². The Labute approximate surface area is 111 Å². The summed E-state index contributed by atoms with van der Waals surface area (Å²) in [5, 5.41) is 0. The average Bonchev–Trinajstić information content (AvgIpc) is 2.39. The number of likely N-dealkylation sites (N-methyl/N-ethyl adjacent to an activating group) is 1. The van der Waals surface area contributed by atoms with Gasteiger partial charge >= 0.3 is 0 Å². The fourth-order valence-corrected chi connectivity index (χ4v) is 2.18. The third-order valence-corrected chi connectivity index (χ3v) is 3.60. The fourth-order valence-electron chi connectivity index (χ4n) is 2.18. The van der Waals surface area contributed by atoms with E-state index in [0.29, 0.717) is 12.6 Å². The van der Waals surface area contributed by atoms with Gasteiger partial charge in [0.15, 0.2) is 0 Å². The van der Waals surface area contributed by atoms with Crippen molar-refractivity contribution in [3.8, 4) is 5.75 Å². The van der Waals surface area contributed by atoms with Crippen molar-refractivity contribution in [3.05, 3.63) is 29.3 Å². The third kappa shape index (κ3) is 3.24. The van der Waals surface area contributed by atoms with Crippen LogP contribution in [0.1, 0.15) is 37.9 Å². The van der Waals surface area contributed by atoms with Gasteiger partial charge in [0.1, 0.15) is 5.75 Å². The molecular formula is C15H26N2O. The van der Waals surface area contributed by atoms with Crippen molar-refractivity contribution < 1.29 is 4.74 Å². The lowest BCUT2D eigenvalue weighted by molar-refractivity contribution is 0.201. The summed E-state index contributed by atoms with van der Waals surface area (Å²) >= 11 is 0. The lowest BCUT2D eigenvalue weighted by Crippen LogP contribution is -2.35. The SMILES string of the molecule is CCc1cc(C(CN)N(C)C(C)C)ccc1OC. The van der Waals surface area contributed by atoms with E-state index < -0.39 is 0 Å². The Kier molecular flexibility index (Phi) is 5.63. The molecule has 102 valence electrons. The van der Waals surface area contributed by atoms with E-state index in [2.05, 4.69) is 44.9 Å². The van der Waals surface area contributed by atoms with Gasteiger partial charge in [0.05, 0.1) is 7.11 Å². The summed E-state index contributed by atoms with van der Waals surface area (Å²) in [6, 6.07) is 7.13. The Morgan fingerprint density at radius 3 is 2.44 bits per heavy atom. The van der Waals surface area contributed by atoms with Gasteiger partial charge in [-0.3, -0.25) is 4.90 Å². The Bertz CT molecular complexity index is 377. The molecule has 2 N–H and O–H groups in total. The molecule has 0 bridgehead atoms. The minimum Gasteiger partial charge on any atom is -0.496 e. The van der Waals surface area contributed by atoms with Crippen molar-refractivity contribution in [3.63, 3.8) is 0 Å². The van der Waals surface area contributed by atoms with Crippen LogP contribution in [0.4, 0.5) is 0 Å². The highest BCUT2D eigenvalue weighted by Crippen LogP contribution is 2.26. The second kappa shape index (κ2) is 6.76. The number of rotatable bonds is 6. The molecule has 1 aromatic rings. The van der Waals surface area contributed by atoms with Crippen LogP contribution >= 0.6 is 0 Å². The van der Waals surface area contributed by atoms with Crippen LogP contribution in [-0.2, 0) is 6.42 Å². The normalized spacial score (nSPS) is 13.1. The first kappa shape index (κ1) is 15.0. The summed E-state index contributed by atoms with van der Waals surface area (Å²) in [5.74, 6) is 0.962. The molecule has 0 saturated heterocycles. The molecular weight excluding hydrogens is 224 g/mol. The first-order chi connectivity index (χ1) is 8.54. The smallest absolute Gasteiger partial charge is 0.122 e. The molecule has 1 aromatic carbocycles. The number of benzene rings is 1. The highest BCUT2D eigenvalue weighted by Gasteiger charge is 2.18. The number of methoxy groups -OCH3 is 1. The zero-order valence-electron chi connectivity index (χ0n) is 12.2. The van der Waals surface area contributed by atoms with E-state index in [4.69, 9.17) is 10.5 Å². The van der Waals surface area contributed by atoms with E-state index in [1.165, 1.54) is 11.1 Å². The van der Waals surface area contributed by atoms with Gasteiger partial charge in [0, 0.05) is 18.6 Å². The molecule has 0 spiro atoms. The van der Waals surface area contributed by atoms with Gasteiger partial charge < -0.3 is 10.5 Å². The molecule has 0 aliphatic carbocycles. The van der Waals surface area contributed by atoms with E-state index in [-0.39, 0.29) is 6.04 Å². The largest absolute Gasteiger partial charge is 0.496 e. The van der Waals surface area contributed by atoms with Crippen molar-refractivity contribution in [2.75, 3.05) is 20.7 Å². The molecule has 0 aliphatic heterocycles. The van der Waals surface area contributed by atoms with E-state index in [9.17, 15) is 0 Å². The molecule has 0 aromatic heterocycles. The summed E-state index contributed by atoms with van der Waals surface area (Å²) in [6.45, 7) is 7.15. The van der Waals surface area contributed by atoms with Crippen molar-refractivity contribution in [2.24, 2.45) is 5.73 Å². The maximum atomic E-state index is 5.93. The molecule has 0 amide bonds. The molecule has 0 fully saturated rings. The maximum Gasteiger partial charge on any atom is 0.122 e. The lowest BCUT2D eigenvalue weighted by atomic mass is 10.00. The van der Waals surface area contributed by atoms with Crippen LogP contribution < -0.4 is 10.5 Å². The van der Waals surface area contributed by atoms with E-state index in [1.54, 1.807) is 7.11 Å². The number of nitrogens with two attached hydrogens (primary N) is 1. The number of ether oxygens (including phenoxy) is 1. The molecule has 1 unspecified atom stereocenters. The topological polar surface area (TPSA) is 38.5 Å². The fraction of sp³-hybridized carbons (Fsp3) is 0.600. The van der Waals surface area contributed by atoms with Crippen LogP contribution in [-0.4, -0.2) is 31.6 Å². The molecule has 3 nitrogen and oxygen atoms in total. The zero-order chi connectivity index (χ0) is 13.7. The van der Waals surface area contributed by atoms with Gasteiger partial charge in [-0.25, -0.2) is 0 Å². The lowest BCUT2D eigenvalue weighted by Gasteiger charge is -2.31. The number of hydrogen-bond acceptors (Lipinski definition) is 3. The van der Waals surface area contributed by atoms with E-state index in [0.717, 1.165) is 12.2 Å².